The molecule has 3 N–H and O–H groups in total. The predicted molar refractivity (Wildman–Crippen MR) is 73.3 cm³/mol. The van der Waals surface area contributed by atoms with Crippen molar-refractivity contribution in [1.29, 1.82) is 0 Å². The number of aromatic carboxylic acids is 1. The van der Waals surface area contributed by atoms with Crippen LogP contribution in [0, 0.1) is 0 Å². The van der Waals surface area contributed by atoms with E-state index in [4.69, 9.17) is 14.6 Å². The Morgan fingerprint density at radius 1 is 1.30 bits per heavy atom. The Kier molecular flexibility index (Phi) is 6.48. The van der Waals surface area contributed by atoms with Gasteiger partial charge in [0.2, 0.25) is 5.91 Å². The zero-order chi connectivity index (χ0) is 15.0. The third-order valence-electron chi connectivity index (χ3n) is 2.50. The number of benzene rings is 1. The maximum absolute atomic E-state index is 11.7. The van der Waals surface area contributed by atoms with Crippen LogP contribution in [0.3, 0.4) is 0 Å². The summed E-state index contributed by atoms with van der Waals surface area (Å²) in [6.45, 7) is 1.10. The molecule has 0 fully saturated rings. The van der Waals surface area contributed by atoms with Crippen molar-refractivity contribution in [3.63, 3.8) is 0 Å². The van der Waals surface area contributed by atoms with Gasteiger partial charge in [0.25, 0.3) is 0 Å². The molecule has 1 rings (SSSR count). The summed E-state index contributed by atoms with van der Waals surface area (Å²) in [5.74, 6) is -0.982. The molecule has 1 aromatic rings. The van der Waals surface area contributed by atoms with Gasteiger partial charge in [0.1, 0.15) is 5.75 Å². The van der Waals surface area contributed by atoms with Gasteiger partial charge < -0.3 is 25.2 Å². The number of rotatable bonds is 8. The largest absolute Gasteiger partial charge is 0.497 e. The lowest BCUT2D eigenvalue weighted by Crippen LogP contribution is -2.30. The minimum absolute atomic E-state index is 0.0102. The van der Waals surface area contributed by atoms with Crippen LogP contribution in [0.1, 0.15) is 10.4 Å². The summed E-state index contributed by atoms with van der Waals surface area (Å²) >= 11 is 0. The van der Waals surface area contributed by atoms with Crippen LogP contribution in [0.25, 0.3) is 0 Å². The minimum atomic E-state index is -1.12. The second-order valence-corrected chi connectivity index (χ2v) is 3.93. The van der Waals surface area contributed by atoms with Gasteiger partial charge >= 0.3 is 5.97 Å². The Morgan fingerprint density at radius 2 is 2.05 bits per heavy atom. The van der Waals surface area contributed by atoms with Crippen molar-refractivity contribution in [2.45, 2.75) is 0 Å². The highest BCUT2D eigenvalue weighted by Crippen LogP contribution is 2.22. The average molecular weight is 282 g/mol. The third kappa shape index (κ3) is 4.87. The van der Waals surface area contributed by atoms with Gasteiger partial charge in [0, 0.05) is 19.7 Å². The van der Waals surface area contributed by atoms with Crippen LogP contribution in [0.2, 0.25) is 0 Å². The molecule has 0 heterocycles. The molecular weight excluding hydrogens is 264 g/mol. The number of nitrogens with one attached hydrogen (secondary N) is 2. The molecule has 0 unspecified atom stereocenters. The first-order valence-corrected chi connectivity index (χ1v) is 5.99. The molecule has 0 aliphatic heterocycles. The topological polar surface area (TPSA) is 96.9 Å². The van der Waals surface area contributed by atoms with Crippen molar-refractivity contribution in [1.82, 2.24) is 5.32 Å². The lowest BCUT2D eigenvalue weighted by molar-refractivity contribution is -0.115. The van der Waals surface area contributed by atoms with E-state index in [2.05, 4.69) is 10.6 Å². The first kappa shape index (κ1) is 15.9. The van der Waals surface area contributed by atoms with E-state index in [1.54, 1.807) is 7.11 Å². The number of methoxy groups -OCH3 is 2. The molecule has 0 aliphatic rings. The Morgan fingerprint density at radius 3 is 2.65 bits per heavy atom. The van der Waals surface area contributed by atoms with Crippen LogP contribution in [0.4, 0.5) is 5.69 Å². The zero-order valence-electron chi connectivity index (χ0n) is 11.4. The second-order valence-electron chi connectivity index (χ2n) is 3.93. The molecule has 20 heavy (non-hydrogen) atoms. The fourth-order valence-electron chi connectivity index (χ4n) is 1.51. The van der Waals surface area contributed by atoms with Crippen LogP contribution in [0.15, 0.2) is 18.2 Å². The maximum Gasteiger partial charge on any atom is 0.337 e. The summed E-state index contributed by atoms with van der Waals surface area (Å²) in [5, 5.41) is 14.5. The van der Waals surface area contributed by atoms with Crippen molar-refractivity contribution in [3.05, 3.63) is 23.8 Å². The summed E-state index contributed by atoms with van der Waals surface area (Å²) < 4.78 is 9.84. The molecule has 0 radical (unpaired) electrons. The minimum Gasteiger partial charge on any atom is -0.497 e. The molecule has 110 valence electrons. The molecule has 0 aromatic heterocycles. The van der Waals surface area contributed by atoms with E-state index in [0.717, 1.165) is 0 Å². The second kappa shape index (κ2) is 8.13. The smallest absolute Gasteiger partial charge is 0.337 e. The van der Waals surface area contributed by atoms with Gasteiger partial charge in [-0.1, -0.05) is 0 Å². The number of hydrogen-bond donors (Lipinski definition) is 3. The fourth-order valence-corrected chi connectivity index (χ4v) is 1.51. The monoisotopic (exact) mass is 282 g/mol. The first-order chi connectivity index (χ1) is 9.58. The first-order valence-electron chi connectivity index (χ1n) is 5.99. The Balaban J connectivity index is 2.69. The van der Waals surface area contributed by atoms with Crippen molar-refractivity contribution in [3.8, 4) is 5.75 Å². The van der Waals surface area contributed by atoms with Crippen LogP contribution >= 0.6 is 0 Å². The Labute approximate surface area is 116 Å². The van der Waals surface area contributed by atoms with E-state index in [-0.39, 0.29) is 23.7 Å². The van der Waals surface area contributed by atoms with Gasteiger partial charge in [0.15, 0.2) is 0 Å². The summed E-state index contributed by atoms with van der Waals surface area (Å²) in [5.41, 5.74) is 0.214. The van der Waals surface area contributed by atoms with Crippen molar-refractivity contribution in [2.24, 2.45) is 0 Å². The van der Waals surface area contributed by atoms with Crippen LogP contribution in [0.5, 0.6) is 5.75 Å². The number of carboxylic acid groups (broad SMARTS) is 1. The van der Waals surface area contributed by atoms with E-state index < -0.39 is 5.97 Å². The molecule has 7 heteroatoms. The van der Waals surface area contributed by atoms with Crippen LogP contribution in [-0.4, -0.2) is 50.9 Å². The molecule has 0 spiro atoms. The summed E-state index contributed by atoms with van der Waals surface area (Å²) in [4.78, 5) is 22.8. The summed E-state index contributed by atoms with van der Waals surface area (Å²) in [6.07, 6.45) is 0. The molecule has 0 saturated heterocycles. The number of carboxylic acids is 1. The highest BCUT2D eigenvalue weighted by molar-refractivity contribution is 6.01. The van der Waals surface area contributed by atoms with Gasteiger partial charge in [-0.15, -0.1) is 0 Å². The fraction of sp³-hybridized carbons (Fsp3) is 0.385. The molecular formula is C13H18N2O5. The lowest BCUT2D eigenvalue weighted by atomic mass is 10.1. The van der Waals surface area contributed by atoms with E-state index in [0.29, 0.717) is 18.9 Å². The normalized spacial score (nSPS) is 10.1. The van der Waals surface area contributed by atoms with Gasteiger partial charge in [-0.05, 0) is 12.1 Å². The third-order valence-corrected chi connectivity index (χ3v) is 2.50. The Hall–Kier alpha value is -2.12. The molecule has 0 atom stereocenters. The number of amides is 1. The molecule has 1 amide bonds. The zero-order valence-corrected chi connectivity index (χ0v) is 11.4. The molecule has 1 aromatic carbocycles. The quantitative estimate of drug-likeness (QED) is 0.603. The summed E-state index contributed by atoms with van der Waals surface area (Å²) in [7, 11) is 3.03. The number of ether oxygens (including phenoxy) is 2. The van der Waals surface area contributed by atoms with E-state index in [1.807, 2.05) is 0 Å². The molecule has 0 bridgehead atoms. The molecule has 0 aliphatic carbocycles. The van der Waals surface area contributed by atoms with Crippen LogP contribution in [-0.2, 0) is 9.53 Å². The van der Waals surface area contributed by atoms with Gasteiger partial charge in [0.05, 0.1) is 31.5 Å². The lowest BCUT2D eigenvalue weighted by Gasteiger charge is -2.10. The molecule has 0 saturated carbocycles. The van der Waals surface area contributed by atoms with Crippen LogP contribution < -0.4 is 15.4 Å². The summed E-state index contributed by atoms with van der Waals surface area (Å²) in [6, 6.07) is 4.38. The van der Waals surface area contributed by atoms with Crippen molar-refractivity contribution in [2.75, 3.05) is 39.2 Å². The number of anilines is 1. The number of carbonyl (C=O) groups excluding carboxylic acids is 1. The Bertz CT molecular complexity index is 476. The van der Waals surface area contributed by atoms with Gasteiger partial charge in [-0.2, -0.15) is 0 Å². The van der Waals surface area contributed by atoms with E-state index >= 15 is 0 Å². The number of hydrogen-bond acceptors (Lipinski definition) is 5. The van der Waals surface area contributed by atoms with Gasteiger partial charge in [-0.3, -0.25) is 4.79 Å². The predicted octanol–water partition coefficient (Wildman–Crippen LogP) is 0.568. The van der Waals surface area contributed by atoms with Gasteiger partial charge in [-0.25, -0.2) is 4.79 Å². The average Bonchev–Trinajstić information content (AvgIpc) is 2.43. The van der Waals surface area contributed by atoms with E-state index in [9.17, 15) is 9.59 Å². The SMILES string of the molecule is COCCNCC(=O)Nc1cc(OC)ccc1C(=O)O. The molecule has 7 nitrogen and oxygen atoms in total. The number of carbonyl (C=O) groups is 2. The van der Waals surface area contributed by atoms with Crippen molar-refractivity contribution >= 4 is 17.6 Å². The highest BCUT2D eigenvalue weighted by Gasteiger charge is 2.13. The maximum atomic E-state index is 11.7. The standard InChI is InChI=1S/C13H18N2O5/c1-19-6-5-14-8-12(16)15-11-7-9(20-2)3-4-10(11)13(17)18/h3-4,7,14H,5-6,8H2,1-2H3,(H,15,16)(H,17,18). The van der Waals surface area contributed by atoms with Crippen molar-refractivity contribution < 1.29 is 24.2 Å². The highest BCUT2D eigenvalue weighted by atomic mass is 16.5. The van der Waals surface area contributed by atoms with E-state index in [1.165, 1.54) is 25.3 Å².